The Hall–Kier alpha value is -4.27. The van der Waals surface area contributed by atoms with Gasteiger partial charge in [0.25, 0.3) is 5.91 Å². The van der Waals surface area contributed by atoms with Crippen LogP contribution in [0.3, 0.4) is 0 Å². The van der Waals surface area contributed by atoms with Gasteiger partial charge in [-0.2, -0.15) is 5.10 Å². The quantitative estimate of drug-likeness (QED) is 0.246. The number of amides is 1. The van der Waals surface area contributed by atoms with Gasteiger partial charge in [0, 0.05) is 86.3 Å². The van der Waals surface area contributed by atoms with E-state index < -0.39 is 0 Å². The van der Waals surface area contributed by atoms with E-state index in [1.54, 1.807) is 35.4 Å². The van der Waals surface area contributed by atoms with E-state index in [1.807, 2.05) is 37.4 Å². The lowest BCUT2D eigenvalue weighted by Crippen LogP contribution is -2.43. The summed E-state index contributed by atoms with van der Waals surface area (Å²) in [5, 5.41) is 19.9. The molecule has 0 atom stereocenters. The third-order valence-electron chi connectivity index (χ3n) is 7.23. The van der Waals surface area contributed by atoms with E-state index in [-0.39, 0.29) is 12.5 Å². The largest absolute Gasteiger partial charge is 0.396 e. The maximum atomic E-state index is 13.1. The molecule has 1 aliphatic heterocycles. The number of likely N-dealkylation sites (N-methyl/N-ethyl adjacent to an activating group) is 1. The summed E-state index contributed by atoms with van der Waals surface area (Å²) in [5.74, 6) is 6.43. The lowest BCUT2D eigenvalue weighted by atomic mass is 10.0. The zero-order chi connectivity index (χ0) is 30.2. The number of halogens is 1. The molecular formula is C32H35ClN8O2. The highest BCUT2D eigenvalue weighted by Crippen LogP contribution is 2.24. The van der Waals surface area contributed by atoms with Crippen LogP contribution in [0.15, 0.2) is 61.2 Å². The van der Waals surface area contributed by atoms with Crippen LogP contribution < -0.4 is 10.6 Å². The number of piperazine rings is 1. The summed E-state index contributed by atoms with van der Waals surface area (Å²) in [5.41, 5.74) is 5.30. The second-order valence-electron chi connectivity index (χ2n) is 10.6. The summed E-state index contributed by atoms with van der Waals surface area (Å²) in [6.45, 7) is 7.63. The Morgan fingerprint density at radius 1 is 1.02 bits per heavy atom. The van der Waals surface area contributed by atoms with Gasteiger partial charge in [0.1, 0.15) is 0 Å². The molecule has 2 aromatic heterocycles. The average molecular weight is 599 g/mol. The third kappa shape index (κ3) is 8.40. The molecule has 0 spiro atoms. The molecule has 0 radical (unpaired) electrons. The molecule has 3 heterocycles. The molecule has 222 valence electrons. The van der Waals surface area contributed by atoms with Crippen molar-refractivity contribution in [3.63, 3.8) is 0 Å². The SMILES string of the molecule is Cc1ccc(C(=O)Nc2ccc(CN3CCN(C)CC3)c(Cl)c2)cc1C#Cc1cnc(Nc2cnn(CCCO)c2)nc1. The molecule has 3 N–H and O–H groups in total. The third-order valence-corrected chi connectivity index (χ3v) is 7.58. The van der Waals surface area contributed by atoms with E-state index >= 15 is 0 Å². The van der Waals surface area contributed by atoms with E-state index in [9.17, 15) is 4.79 Å². The minimum absolute atomic E-state index is 0.118. The summed E-state index contributed by atoms with van der Waals surface area (Å²) in [4.78, 5) is 26.5. The first-order chi connectivity index (χ1) is 20.9. The van der Waals surface area contributed by atoms with Gasteiger partial charge >= 0.3 is 0 Å². The van der Waals surface area contributed by atoms with Gasteiger partial charge in [-0.15, -0.1) is 0 Å². The molecule has 1 saturated heterocycles. The van der Waals surface area contributed by atoms with E-state index in [0.717, 1.165) is 55.1 Å². The molecule has 1 fully saturated rings. The first-order valence-electron chi connectivity index (χ1n) is 14.2. The Morgan fingerprint density at radius 2 is 1.81 bits per heavy atom. The van der Waals surface area contributed by atoms with Gasteiger partial charge in [0.2, 0.25) is 5.95 Å². The first kappa shape index (κ1) is 30.2. The smallest absolute Gasteiger partial charge is 0.255 e. The molecule has 11 heteroatoms. The Morgan fingerprint density at radius 3 is 2.56 bits per heavy atom. The fourth-order valence-electron chi connectivity index (χ4n) is 4.61. The summed E-state index contributed by atoms with van der Waals surface area (Å²) < 4.78 is 1.75. The van der Waals surface area contributed by atoms with E-state index in [4.69, 9.17) is 16.7 Å². The van der Waals surface area contributed by atoms with Crippen molar-refractivity contribution in [2.45, 2.75) is 26.4 Å². The number of carbonyl (C=O) groups excluding carboxylic acids is 1. The zero-order valence-electron chi connectivity index (χ0n) is 24.3. The van der Waals surface area contributed by atoms with Gasteiger partial charge in [0.05, 0.1) is 17.4 Å². The minimum Gasteiger partial charge on any atom is -0.396 e. The summed E-state index contributed by atoms with van der Waals surface area (Å²) >= 11 is 6.59. The fraction of sp³-hybridized carbons (Fsp3) is 0.312. The number of nitrogens with zero attached hydrogens (tertiary/aromatic N) is 6. The van der Waals surface area contributed by atoms with Gasteiger partial charge in [-0.25, -0.2) is 9.97 Å². The fourth-order valence-corrected chi connectivity index (χ4v) is 4.85. The predicted molar refractivity (Wildman–Crippen MR) is 169 cm³/mol. The number of nitrogens with one attached hydrogen (secondary N) is 2. The maximum absolute atomic E-state index is 13.1. The topological polar surface area (TPSA) is 111 Å². The monoisotopic (exact) mass is 598 g/mol. The van der Waals surface area contributed by atoms with Gasteiger partial charge < -0.3 is 20.6 Å². The zero-order valence-corrected chi connectivity index (χ0v) is 25.1. The van der Waals surface area contributed by atoms with E-state index in [2.05, 4.69) is 54.4 Å². The molecule has 1 aliphatic rings. The van der Waals surface area contributed by atoms with E-state index in [1.165, 1.54) is 0 Å². The highest BCUT2D eigenvalue weighted by Gasteiger charge is 2.16. The molecule has 0 bridgehead atoms. The highest BCUT2D eigenvalue weighted by molar-refractivity contribution is 6.31. The Labute approximate surface area is 256 Å². The molecule has 0 saturated carbocycles. The van der Waals surface area contributed by atoms with Crippen LogP contribution in [0.2, 0.25) is 5.02 Å². The van der Waals surface area contributed by atoms with Gasteiger partial charge in [0.15, 0.2) is 0 Å². The lowest BCUT2D eigenvalue weighted by molar-refractivity contribution is 0.102. The van der Waals surface area contributed by atoms with E-state index in [0.29, 0.717) is 40.8 Å². The molecular weight excluding hydrogens is 564 g/mol. The Balaban J connectivity index is 1.20. The van der Waals surface area contributed by atoms with Crippen LogP contribution in [0.5, 0.6) is 0 Å². The van der Waals surface area contributed by atoms with Crippen molar-refractivity contribution in [2.75, 3.05) is 50.5 Å². The van der Waals surface area contributed by atoms with Crippen LogP contribution in [-0.4, -0.2) is 80.4 Å². The highest BCUT2D eigenvalue weighted by atomic mass is 35.5. The van der Waals surface area contributed by atoms with Gasteiger partial charge in [-0.1, -0.05) is 35.6 Å². The molecule has 4 aromatic rings. The molecule has 5 rings (SSSR count). The number of aliphatic hydroxyl groups is 1. The average Bonchev–Trinajstić information content (AvgIpc) is 3.46. The van der Waals surface area contributed by atoms with Crippen LogP contribution in [0.1, 0.15) is 39.0 Å². The number of hydrogen-bond acceptors (Lipinski definition) is 8. The number of aryl methyl sites for hydroxylation is 2. The van der Waals surface area contributed by atoms with Crippen molar-refractivity contribution in [1.82, 2.24) is 29.5 Å². The van der Waals surface area contributed by atoms with Crippen molar-refractivity contribution in [3.05, 3.63) is 94.0 Å². The number of benzene rings is 2. The normalized spacial score (nSPS) is 13.8. The predicted octanol–water partition coefficient (Wildman–Crippen LogP) is 4.16. The summed E-state index contributed by atoms with van der Waals surface area (Å²) in [6, 6.07) is 11.1. The maximum Gasteiger partial charge on any atom is 0.255 e. The van der Waals surface area contributed by atoms with Gasteiger partial charge in [-0.05, 0) is 55.8 Å². The number of hydrogen-bond donors (Lipinski definition) is 3. The van der Waals surface area contributed by atoms with Crippen LogP contribution in [0.25, 0.3) is 0 Å². The number of anilines is 3. The minimum atomic E-state index is -0.232. The summed E-state index contributed by atoms with van der Waals surface area (Å²) in [7, 11) is 2.14. The van der Waals surface area contributed by atoms with Crippen LogP contribution in [0, 0.1) is 18.8 Å². The standard InChI is InChI=1S/C32H35ClN8O2/c1-23-4-6-26(31(43)37-28-9-8-27(30(33)17-28)21-40-13-11-39(2)12-14-40)16-25(23)7-5-24-18-34-32(35-19-24)38-29-20-36-41(22-29)10-3-15-42/h4,6,8-9,16-20,22,42H,3,10-15,21H2,1-2H3,(H,37,43)(H,34,35,38). The Bertz CT molecular complexity index is 1620. The van der Waals surface area contributed by atoms with Gasteiger partial charge in [-0.3, -0.25) is 14.4 Å². The second kappa shape index (κ2) is 14.3. The molecule has 0 aliphatic carbocycles. The summed E-state index contributed by atoms with van der Waals surface area (Å²) in [6.07, 6.45) is 7.43. The molecule has 0 unspecified atom stereocenters. The van der Waals surface area contributed by atoms with Crippen molar-refractivity contribution in [3.8, 4) is 11.8 Å². The number of carbonyl (C=O) groups is 1. The number of aromatic nitrogens is 4. The molecule has 43 heavy (non-hydrogen) atoms. The molecule has 2 aromatic carbocycles. The second-order valence-corrected chi connectivity index (χ2v) is 11.0. The van der Waals surface area contributed by atoms with Crippen LogP contribution in [0.4, 0.5) is 17.3 Å². The van der Waals surface area contributed by atoms with Crippen LogP contribution in [-0.2, 0) is 13.1 Å². The molecule has 10 nitrogen and oxygen atoms in total. The number of aliphatic hydroxyl groups excluding tert-OH is 1. The van der Waals surface area contributed by atoms with Crippen molar-refractivity contribution >= 4 is 34.8 Å². The van der Waals surface area contributed by atoms with Crippen molar-refractivity contribution < 1.29 is 9.90 Å². The number of rotatable bonds is 9. The van der Waals surface area contributed by atoms with Crippen molar-refractivity contribution in [2.24, 2.45) is 0 Å². The lowest BCUT2D eigenvalue weighted by Gasteiger charge is -2.32. The Kier molecular flexibility index (Phi) is 10.0. The van der Waals surface area contributed by atoms with Crippen LogP contribution >= 0.6 is 11.6 Å². The first-order valence-corrected chi connectivity index (χ1v) is 14.6. The molecule has 1 amide bonds. The van der Waals surface area contributed by atoms with Crippen molar-refractivity contribution in [1.29, 1.82) is 0 Å².